The Morgan fingerprint density at radius 3 is 1.38 bits per heavy atom. The smallest absolute Gasteiger partial charge is 0.220 e. The van der Waals surface area contributed by atoms with E-state index in [1.165, 1.54) is 6.08 Å². The predicted octanol–water partition coefficient (Wildman–Crippen LogP) is 3.81. The molecule has 0 bridgehead atoms. The average Bonchev–Trinajstić information content (AvgIpc) is 3.43. The van der Waals surface area contributed by atoms with Gasteiger partial charge < -0.3 is 89.9 Å². The Hall–Kier alpha value is -3.29. The van der Waals surface area contributed by atoms with Crippen molar-refractivity contribution in [1.29, 1.82) is 0 Å². The number of aliphatic hydroxyl groups excluding tert-OH is 11. The first kappa shape index (κ1) is 68.0. The second-order valence-corrected chi connectivity index (χ2v) is 19.7. The number of rotatable bonds is 38. The molecule has 0 aliphatic carbocycles. The molecule has 3 fully saturated rings. The monoisotopic (exact) mass is 1090 g/mol. The molecule has 0 radical (unpaired) electrons. The molecule has 3 aliphatic heterocycles. The van der Waals surface area contributed by atoms with Crippen LogP contribution < -0.4 is 5.32 Å². The van der Waals surface area contributed by atoms with Crippen molar-refractivity contribution in [3.8, 4) is 0 Å². The van der Waals surface area contributed by atoms with Crippen molar-refractivity contribution in [3.63, 3.8) is 0 Å². The lowest BCUT2D eigenvalue weighted by Crippen LogP contribution is -2.66. The molecule has 0 aromatic carbocycles. The minimum Gasteiger partial charge on any atom is -0.394 e. The van der Waals surface area contributed by atoms with E-state index in [0.717, 1.165) is 96.3 Å². The third-order valence-electron chi connectivity index (χ3n) is 13.4. The molecule has 77 heavy (non-hydrogen) atoms. The van der Waals surface area contributed by atoms with Crippen molar-refractivity contribution in [1.82, 2.24) is 5.32 Å². The molecular formula is C58H95NO18. The molecule has 3 aliphatic rings. The van der Waals surface area contributed by atoms with Gasteiger partial charge in [-0.1, -0.05) is 150 Å². The van der Waals surface area contributed by atoms with E-state index in [-0.39, 0.29) is 18.9 Å². The highest BCUT2D eigenvalue weighted by molar-refractivity contribution is 5.76. The van der Waals surface area contributed by atoms with Crippen LogP contribution in [0.25, 0.3) is 0 Å². The number of nitrogens with one attached hydrogen (secondary N) is 1. The first-order valence-corrected chi connectivity index (χ1v) is 28.0. The fourth-order valence-electron chi connectivity index (χ4n) is 8.76. The van der Waals surface area contributed by atoms with E-state index >= 15 is 0 Å². The molecule has 440 valence electrons. The molecule has 0 aromatic heterocycles. The molecule has 17 atom stereocenters. The largest absolute Gasteiger partial charge is 0.394 e. The van der Waals surface area contributed by atoms with E-state index in [2.05, 4.69) is 97.3 Å². The Kier molecular flexibility index (Phi) is 36.0. The molecular weight excluding hydrogens is 999 g/mol. The highest BCUT2D eigenvalue weighted by Crippen LogP contribution is 2.33. The lowest BCUT2D eigenvalue weighted by atomic mass is 9.96. The van der Waals surface area contributed by atoms with Crippen LogP contribution in [0.2, 0.25) is 0 Å². The fourth-order valence-corrected chi connectivity index (χ4v) is 8.76. The highest BCUT2D eigenvalue weighted by Gasteiger charge is 2.53. The van der Waals surface area contributed by atoms with Crippen LogP contribution in [0.4, 0.5) is 0 Å². The van der Waals surface area contributed by atoms with E-state index in [1.54, 1.807) is 6.08 Å². The lowest BCUT2D eigenvalue weighted by molar-refractivity contribution is -0.379. The van der Waals surface area contributed by atoms with Crippen LogP contribution >= 0.6 is 0 Å². The van der Waals surface area contributed by atoms with Gasteiger partial charge in [0.25, 0.3) is 0 Å². The SMILES string of the molecule is CC/C=C\C/C=C\C/C=C\C/C=C\C/C=C\C/C=C\C/C=C\CCCCCCCCCC(=O)NC(COC1OC(CO)C(OC2OC(CO)C(OC3OC(CO)C(O)C(O)C3O)C(O)C2O)C(O)C1O)C(O)/C=C/CCC. The van der Waals surface area contributed by atoms with Gasteiger partial charge in [0.05, 0.1) is 38.6 Å². The summed E-state index contributed by atoms with van der Waals surface area (Å²) in [5.41, 5.74) is 0. The lowest BCUT2D eigenvalue weighted by Gasteiger charge is -2.48. The molecule has 19 nitrogen and oxygen atoms in total. The number of unbranched alkanes of at least 4 members (excludes halogenated alkanes) is 8. The number of hydrogen-bond acceptors (Lipinski definition) is 18. The maximum absolute atomic E-state index is 13.1. The maximum Gasteiger partial charge on any atom is 0.220 e. The Morgan fingerprint density at radius 1 is 0.481 bits per heavy atom. The normalized spacial score (nSPS) is 31.5. The Morgan fingerprint density at radius 2 is 0.896 bits per heavy atom. The van der Waals surface area contributed by atoms with Crippen molar-refractivity contribution in [3.05, 3.63) is 97.2 Å². The minimum absolute atomic E-state index is 0.220. The average molecular weight is 1090 g/mol. The first-order valence-electron chi connectivity index (χ1n) is 28.0. The van der Waals surface area contributed by atoms with Gasteiger partial charge in [0.15, 0.2) is 18.9 Å². The summed E-state index contributed by atoms with van der Waals surface area (Å²) in [4.78, 5) is 13.1. The van der Waals surface area contributed by atoms with Crippen molar-refractivity contribution < 1.29 is 89.4 Å². The van der Waals surface area contributed by atoms with Gasteiger partial charge in [-0.05, 0) is 70.6 Å². The topological polar surface area (TPSA) is 307 Å². The van der Waals surface area contributed by atoms with Crippen LogP contribution in [0, 0.1) is 0 Å². The van der Waals surface area contributed by atoms with Crippen LogP contribution in [-0.4, -0.2) is 193 Å². The fraction of sp³-hybridized carbons (Fsp3) is 0.707. The molecule has 17 unspecified atom stereocenters. The molecule has 0 saturated carbocycles. The number of hydrogen-bond donors (Lipinski definition) is 12. The van der Waals surface area contributed by atoms with Crippen LogP contribution in [0.5, 0.6) is 0 Å². The maximum atomic E-state index is 13.1. The number of carbonyl (C=O) groups is 1. The molecule has 3 heterocycles. The number of carbonyl (C=O) groups excluding carboxylic acids is 1. The molecule has 3 saturated heterocycles. The zero-order valence-corrected chi connectivity index (χ0v) is 45.4. The third-order valence-corrected chi connectivity index (χ3v) is 13.4. The summed E-state index contributed by atoms with van der Waals surface area (Å²) >= 11 is 0. The Balaban J connectivity index is 1.34. The second kappa shape index (κ2) is 40.8. The van der Waals surface area contributed by atoms with Gasteiger partial charge in [-0.15, -0.1) is 0 Å². The number of aliphatic hydroxyl groups is 11. The van der Waals surface area contributed by atoms with Gasteiger partial charge in [0.2, 0.25) is 5.91 Å². The van der Waals surface area contributed by atoms with E-state index < -0.39 is 124 Å². The molecule has 3 rings (SSSR count). The van der Waals surface area contributed by atoms with Crippen molar-refractivity contribution >= 4 is 5.91 Å². The summed E-state index contributed by atoms with van der Waals surface area (Å²) in [5, 5.41) is 119. The van der Waals surface area contributed by atoms with Crippen molar-refractivity contribution in [2.45, 2.75) is 234 Å². The van der Waals surface area contributed by atoms with Crippen LogP contribution in [0.1, 0.15) is 129 Å². The Bertz CT molecular complexity index is 1780. The number of ether oxygens (including phenoxy) is 6. The second-order valence-electron chi connectivity index (χ2n) is 19.7. The molecule has 0 aromatic rings. The van der Waals surface area contributed by atoms with E-state index in [0.29, 0.717) is 12.8 Å². The highest BCUT2D eigenvalue weighted by atomic mass is 16.8. The summed E-state index contributed by atoms with van der Waals surface area (Å²) in [7, 11) is 0. The quantitative estimate of drug-likeness (QED) is 0.0309. The predicted molar refractivity (Wildman–Crippen MR) is 290 cm³/mol. The first-order chi connectivity index (χ1) is 37.3. The molecule has 19 heteroatoms. The Labute approximate surface area is 456 Å². The number of allylic oxidation sites excluding steroid dienone is 15. The van der Waals surface area contributed by atoms with E-state index in [4.69, 9.17) is 28.4 Å². The summed E-state index contributed by atoms with van der Waals surface area (Å²) in [5.74, 6) is -0.306. The van der Waals surface area contributed by atoms with Gasteiger partial charge in [0.1, 0.15) is 73.2 Å². The van der Waals surface area contributed by atoms with Gasteiger partial charge in [-0.2, -0.15) is 0 Å². The van der Waals surface area contributed by atoms with Crippen LogP contribution in [0.15, 0.2) is 97.2 Å². The van der Waals surface area contributed by atoms with Gasteiger partial charge >= 0.3 is 0 Å². The zero-order valence-electron chi connectivity index (χ0n) is 45.4. The van der Waals surface area contributed by atoms with Crippen LogP contribution in [-0.2, 0) is 33.2 Å². The molecule has 12 N–H and O–H groups in total. The summed E-state index contributed by atoms with van der Waals surface area (Å²) < 4.78 is 33.9. The standard InChI is InChI=1S/C58H95NO18/c1-3-5-7-8-9-10-11-12-13-14-15-16-17-18-19-20-21-22-23-24-25-26-27-28-29-30-31-32-34-36-46(64)59-41(42(63)35-33-6-4-2)40-72-56-52(70)49(67)54(44(38-61)74-56)77-58-53(71)50(68)55(45(39-62)75-58)76-57-51(69)48(66)47(65)43(37-60)73-57/h5,7,9-10,12-13,15-16,18-19,21-22,24-25,33,35,41-45,47-58,60-63,65-71H,3-4,6,8,11,14,17,20,23,26-32,34,36-40H2,1-2H3,(H,59,64)/b7-5-,10-9-,13-12-,16-15-,19-18-,22-21-,25-24-,35-33+. The zero-order chi connectivity index (χ0) is 56.2. The molecule has 0 spiro atoms. The van der Waals surface area contributed by atoms with Crippen LogP contribution in [0.3, 0.4) is 0 Å². The van der Waals surface area contributed by atoms with E-state index in [9.17, 15) is 61.0 Å². The van der Waals surface area contributed by atoms with Gasteiger partial charge in [0, 0.05) is 6.42 Å². The number of amides is 1. The van der Waals surface area contributed by atoms with Crippen molar-refractivity contribution in [2.24, 2.45) is 0 Å². The summed E-state index contributed by atoms with van der Waals surface area (Å²) in [6.07, 6.45) is 23.9. The third kappa shape index (κ3) is 25.4. The van der Waals surface area contributed by atoms with Gasteiger partial charge in [-0.25, -0.2) is 0 Å². The summed E-state index contributed by atoms with van der Waals surface area (Å²) in [6, 6.07) is -0.981. The molecule has 1 amide bonds. The van der Waals surface area contributed by atoms with Gasteiger partial charge in [-0.3, -0.25) is 4.79 Å². The minimum atomic E-state index is -1.98. The summed E-state index contributed by atoms with van der Waals surface area (Å²) in [6.45, 7) is 1.31. The van der Waals surface area contributed by atoms with E-state index in [1.807, 2.05) is 6.92 Å². The van der Waals surface area contributed by atoms with Crippen molar-refractivity contribution in [2.75, 3.05) is 26.4 Å².